The largest absolute Gasteiger partial charge is 0.424 e. The Bertz CT molecular complexity index is 1270. The highest BCUT2D eigenvalue weighted by Crippen LogP contribution is 2.39. The van der Waals surface area contributed by atoms with E-state index in [9.17, 15) is 4.39 Å². The topological polar surface area (TPSA) is 81.0 Å². The molecule has 1 saturated heterocycles. The van der Waals surface area contributed by atoms with Gasteiger partial charge in [0.15, 0.2) is 0 Å². The molecule has 2 aliphatic rings. The fourth-order valence-electron chi connectivity index (χ4n) is 4.60. The Kier molecular flexibility index (Phi) is 4.21. The number of hydrogen-bond acceptors (Lipinski definition) is 7. The zero-order valence-corrected chi connectivity index (χ0v) is 18.1. The van der Waals surface area contributed by atoms with E-state index in [-0.39, 0.29) is 34.6 Å². The highest BCUT2D eigenvalue weighted by molar-refractivity contribution is 6.30. The summed E-state index contributed by atoms with van der Waals surface area (Å²) in [5.41, 5.74) is 0.892. The van der Waals surface area contributed by atoms with Gasteiger partial charge in [0.05, 0.1) is 2.74 Å². The molecule has 1 aliphatic carbocycles. The Morgan fingerprint density at radius 2 is 2.06 bits per heavy atom. The second-order valence-electron chi connectivity index (χ2n) is 8.14. The van der Waals surface area contributed by atoms with E-state index in [4.69, 9.17) is 23.2 Å². The smallest absolute Gasteiger partial charge is 0.322 e. The van der Waals surface area contributed by atoms with Gasteiger partial charge < -0.3 is 15.0 Å². The van der Waals surface area contributed by atoms with Gasteiger partial charge in [0.25, 0.3) is 0 Å². The lowest BCUT2D eigenvalue weighted by atomic mass is 9.92. The first kappa shape index (κ1) is 15.8. The number of fused-ring (bicyclic) bond motifs is 2. The molecule has 168 valence electrons. The number of piperidine rings is 1. The van der Waals surface area contributed by atoms with Crippen molar-refractivity contribution in [1.29, 1.82) is 0 Å². The van der Waals surface area contributed by atoms with E-state index >= 15 is 0 Å². The molecule has 3 aromatic rings. The normalized spacial score (nSPS) is 25.4. The zero-order chi connectivity index (χ0) is 26.5. The lowest BCUT2D eigenvalue weighted by Gasteiger charge is -2.38. The van der Waals surface area contributed by atoms with Crippen molar-refractivity contribution in [3.8, 4) is 11.8 Å². The number of aryl methyl sites for hydroxylation is 2. The summed E-state index contributed by atoms with van der Waals surface area (Å²) < 4.78 is 59.4. The number of halogens is 2. The average Bonchev–Trinajstić information content (AvgIpc) is 3.28. The van der Waals surface area contributed by atoms with Gasteiger partial charge in [-0.05, 0) is 50.6 Å². The first-order valence-electron chi connectivity index (χ1n) is 12.8. The highest BCUT2D eigenvalue weighted by Gasteiger charge is 2.43. The summed E-state index contributed by atoms with van der Waals surface area (Å²) in [6.45, 7) is -2.58. The minimum absolute atomic E-state index is 0.00914. The molecule has 1 aromatic carbocycles. The third-order valence-electron chi connectivity index (χ3n) is 5.97. The van der Waals surface area contributed by atoms with Gasteiger partial charge in [-0.15, -0.1) is 5.10 Å². The van der Waals surface area contributed by atoms with Crippen LogP contribution in [0.2, 0.25) is 5.02 Å². The molecule has 1 aliphatic heterocycles. The van der Waals surface area contributed by atoms with Gasteiger partial charge in [-0.2, -0.15) is 4.98 Å². The van der Waals surface area contributed by atoms with Crippen LogP contribution in [0.1, 0.15) is 32.2 Å². The number of hydrogen-bond donors (Lipinski definition) is 1. The first-order chi connectivity index (χ1) is 17.4. The van der Waals surface area contributed by atoms with Crippen molar-refractivity contribution in [3.63, 3.8) is 0 Å². The van der Waals surface area contributed by atoms with E-state index in [0.29, 0.717) is 4.68 Å². The zero-order valence-electron chi connectivity index (χ0n) is 22.3. The number of benzene rings is 1. The van der Waals surface area contributed by atoms with Gasteiger partial charge in [-0.1, -0.05) is 11.6 Å². The van der Waals surface area contributed by atoms with Crippen LogP contribution in [0.4, 0.5) is 16.2 Å². The molecule has 0 spiro atoms. The predicted molar refractivity (Wildman–Crippen MR) is 120 cm³/mol. The molecule has 32 heavy (non-hydrogen) atoms. The summed E-state index contributed by atoms with van der Waals surface area (Å²) in [7, 11) is 0. The van der Waals surface area contributed by atoms with Crippen molar-refractivity contribution in [2.75, 3.05) is 23.3 Å². The number of aromatic nitrogens is 5. The minimum Gasteiger partial charge on any atom is -0.424 e. The van der Waals surface area contributed by atoms with Crippen molar-refractivity contribution in [1.82, 2.24) is 24.7 Å². The van der Waals surface area contributed by atoms with E-state index in [1.807, 2.05) is 13.0 Å². The van der Waals surface area contributed by atoms with E-state index in [1.165, 1.54) is 6.07 Å². The van der Waals surface area contributed by atoms with Crippen LogP contribution in [0.25, 0.3) is 0 Å². The van der Waals surface area contributed by atoms with Gasteiger partial charge in [-0.3, -0.25) is 0 Å². The van der Waals surface area contributed by atoms with Crippen LogP contribution in [0.3, 0.4) is 0 Å². The Morgan fingerprint density at radius 1 is 1.25 bits per heavy atom. The van der Waals surface area contributed by atoms with E-state index in [1.54, 1.807) is 6.33 Å². The van der Waals surface area contributed by atoms with Crippen LogP contribution in [0.15, 0.2) is 30.6 Å². The number of ether oxygens (including phenoxy) is 1. The highest BCUT2D eigenvalue weighted by atomic mass is 35.5. The molecular weight excluding hydrogens is 433 g/mol. The third-order valence-corrected chi connectivity index (χ3v) is 6.19. The molecule has 5 rings (SSSR count). The second kappa shape index (κ2) is 8.54. The van der Waals surface area contributed by atoms with Gasteiger partial charge in [0.1, 0.15) is 23.7 Å². The lowest BCUT2D eigenvalue weighted by Crippen LogP contribution is -2.48. The number of rotatable bonds is 6. The second-order valence-corrected chi connectivity index (χ2v) is 8.58. The molecule has 10 heteroatoms. The van der Waals surface area contributed by atoms with Crippen molar-refractivity contribution < 1.29 is 16.0 Å². The molecule has 1 N–H and O–H groups in total. The monoisotopic (exact) mass is 462 g/mol. The summed E-state index contributed by atoms with van der Waals surface area (Å²) in [6.07, 6.45) is 3.51. The fourth-order valence-corrected chi connectivity index (χ4v) is 4.81. The molecule has 2 fully saturated rings. The van der Waals surface area contributed by atoms with Gasteiger partial charge >= 0.3 is 6.01 Å². The SMILES string of the molecule is [2H]C([2H])([2H])C([2H])([2H])n1nc(N[C@@H]2[C@@H]3CC[C@H]2CN(c2cc(C)ncn2)C3)nc1Oc1cc(F)cc(Cl)c1. The first-order valence-corrected chi connectivity index (χ1v) is 10.7. The number of nitrogens with zero attached hydrogens (tertiary/aromatic N) is 6. The Morgan fingerprint density at radius 3 is 2.78 bits per heavy atom. The van der Waals surface area contributed by atoms with E-state index in [2.05, 4.69) is 30.3 Å². The molecule has 2 bridgehead atoms. The minimum atomic E-state index is -3.07. The Balaban J connectivity index is 1.41. The number of nitrogens with one attached hydrogen (secondary N) is 1. The maximum Gasteiger partial charge on any atom is 0.322 e. The summed E-state index contributed by atoms with van der Waals surface area (Å²) in [6, 6.07) is 4.94. The molecule has 3 atom stereocenters. The van der Waals surface area contributed by atoms with Gasteiger partial charge in [0.2, 0.25) is 5.95 Å². The van der Waals surface area contributed by atoms with Crippen LogP contribution in [-0.2, 0) is 6.50 Å². The van der Waals surface area contributed by atoms with Crippen molar-refractivity contribution in [3.05, 3.63) is 47.1 Å². The molecule has 1 saturated carbocycles. The lowest BCUT2D eigenvalue weighted by molar-refractivity contribution is 0.374. The predicted octanol–water partition coefficient (Wildman–Crippen LogP) is 4.31. The molecule has 3 heterocycles. The fraction of sp³-hybridized carbons (Fsp3) is 0.455. The van der Waals surface area contributed by atoms with Crippen molar-refractivity contribution >= 4 is 23.4 Å². The summed E-state index contributed by atoms with van der Waals surface area (Å²) in [4.78, 5) is 15.1. The van der Waals surface area contributed by atoms with Crippen molar-refractivity contribution in [2.45, 2.75) is 39.2 Å². The summed E-state index contributed by atoms with van der Waals surface area (Å²) in [5, 5.41) is 7.48. The average molecular weight is 463 g/mol. The van der Waals surface area contributed by atoms with Crippen LogP contribution in [-0.4, -0.2) is 43.9 Å². The molecular formula is C22H25ClFN7O. The Hall–Kier alpha value is -2.94. The summed E-state index contributed by atoms with van der Waals surface area (Å²) in [5.74, 6) is 0.644. The molecule has 0 amide bonds. The van der Waals surface area contributed by atoms with Crippen LogP contribution < -0.4 is 15.0 Å². The molecule has 0 unspecified atom stereocenters. The Labute approximate surface area is 197 Å². The summed E-state index contributed by atoms with van der Waals surface area (Å²) >= 11 is 5.91. The van der Waals surface area contributed by atoms with Gasteiger partial charge in [0, 0.05) is 52.6 Å². The van der Waals surface area contributed by atoms with E-state index in [0.717, 1.165) is 49.6 Å². The van der Waals surface area contributed by atoms with Crippen LogP contribution in [0.5, 0.6) is 11.8 Å². The van der Waals surface area contributed by atoms with Crippen molar-refractivity contribution in [2.24, 2.45) is 11.8 Å². The maximum atomic E-state index is 13.8. The molecule has 8 nitrogen and oxygen atoms in total. The van der Waals surface area contributed by atoms with Crippen LogP contribution in [0, 0.1) is 24.6 Å². The van der Waals surface area contributed by atoms with Gasteiger partial charge in [-0.25, -0.2) is 19.0 Å². The quantitative estimate of drug-likeness (QED) is 0.584. The molecule has 0 radical (unpaired) electrons. The van der Waals surface area contributed by atoms with Crippen LogP contribution >= 0.6 is 11.6 Å². The van der Waals surface area contributed by atoms with E-state index < -0.39 is 25.2 Å². The maximum absolute atomic E-state index is 13.8. The number of anilines is 2. The standard InChI is InChI=1S/C22H25ClFN7O/c1-3-31-22(32-18-8-16(23)7-17(24)9-18)28-21(29-31)27-20-14-4-5-15(20)11-30(10-14)19-6-13(2)25-12-26-19/h6-9,12,14-15,20H,3-5,10-11H2,1-2H3,(H,27,29)/t14-,15+,20-/i1D3,3D2. The third kappa shape index (κ3) is 4.21. The molecule has 2 aromatic heterocycles.